The van der Waals surface area contributed by atoms with Crippen molar-refractivity contribution in [2.75, 3.05) is 6.61 Å². The summed E-state index contributed by atoms with van der Waals surface area (Å²) in [6.07, 6.45) is -0.726. The number of nitriles is 1. The van der Waals surface area contributed by atoms with Crippen molar-refractivity contribution >= 4 is 0 Å². The van der Waals surface area contributed by atoms with Crippen molar-refractivity contribution in [3.63, 3.8) is 0 Å². The Morgan fingerprint density at radius 3 is 2.54 bits per heavy atom. The van der Waals surface area contributed by atoms with Gasteiger partial charge < -0.3 is 9.84 Å². The number of rotatable bonds is 3. The van der Waals surface area contributed by atoms with Crippen LogP contribution in [0.2, 0.25) is 0 Å². The van der Waals surface area contributed by atoms with E-state index in [-0.39, 0.29) is 6.61 Å². The predicted molar refractivity (Wildman–Crippen MR) is 48.0 cm³/mol. The molecule has 1 N–H and O–H groups in total. The molecule has 0 saturated carbocycles. The molecule has 1 aromatic carbocycles. The van der Waals surface area contributed by atoms with Crippen LogP contribution >= 0.6 is 0 Å². The van der Waals surface area contributed by atoms with Crippen molar-refractivity contribution in [2.24, 2.45) is 0 Å². The molecule has 0 fully saturated rings. The Morgan fingerprint density at radius 2 is 2.08 bits per heavy atom. The second kappa shape index (κ2) is 4.48. The van der Waals surface area contributed by atoms with Crippen LogP contribution in [0.25, 0.3) is 0 Å². The Hall–Kier alpha value is -1.53. The third-order valence-corrected chi connectivity index (χ3v) is 1.43. The minimum Gasteiger partial charge on any atom is -0.491 e. The van der Waals surface area contributed by atoms with Gasteiger partial charge in [0.2, 0.25) is 0 Å². The van der Waals surface area contributed by atoms with Crippen molar-refractivity contribution in [3.05, 3.63) is 36.8 Å². The molecule has 0 bridgehead atoms. The molecule has 1 atom stereocenters. The Balaban J connectivity index is 2.55. The minimum atomic E-state index is -0.726. The molecule has 13 heavy (non-hydrogen) atoms. The highest BCUT2D eigenvalue weighted by Crippen LogP contribution is 2.11. The Kier molecular flexibility index (Phi) is 3.30. The first-order valence-corrected chi connectivity index (χ1v) is 3.86. The lowest BCUT2D eigenvalue weighted by atomic mass is 10.2. The molecular formula is C10H10NO2. The maximum absolute atomic E-state index is 8.83. The molecule has 0 aliphatic rings. The Morgan fingerprint density at radius 1 is 1.46 bits per heavy atom. The molecule has 1 rings (SSSR count). The van der Waals surface area contributed by atoms with E-state index in [4.69, 9.17) is 15.1 Å². The van der Waals surface area contributed by atoms with Crippen molar-refractivity contribution in [1.82, 2.24) is 0 Å². The van der Waals surface area contributed by atoms with Gasteiger partial charge in [-0.25, -0.2) is 0 Å². The number of hydrogen-bond acceptors (Lipinski definition) is 3. The molecule has 0 amide bonds. The number of ether oxygens (including phenoxy) is 1. The smallest absolute Gasteiger partial charge is 0.119 e. The molecule has 0 aliphatic heterocycles. The summed E-state index contributed by atoms with van der Waals surface area (Å²) >= 11 is 0. The topological polar surface area (TPSA) is 53.2 Å². The maximum atomic E-state index is 8.83. The monoisotopic (exact) mass is 176 g/mol. The van der Waals surface area contributed by atoms with E-state index >= 15 is 0 Å². The summed E-state index contributed by atoms with van der Waals surface area (Å²) in [5.74, 6) is 0.627. The first-order valence-electron chi connectivity index (χ1n) is 3.86. The minimum absolute atomic E-state index is 0.159. The van der Waals surface area contributed by atoms with Gasteiger partial charge in [0.05, 0.1) is 17.7 Å². The van der Waals surface area contributed by atoms with E-state index in [2.05, 4.69) is 6.92 Å². The lowest BCUT2D eigenvalue weighted by molar-refractivity contribution is 0.142. The van der Waals surface area contributed by atoms with Crippen LogP contribution in [-0.2, 0) is 0 Å². The summed E-state index contributed by atoms with van der Waals surface area (Å²) in [7, 11) is 0. The number of aliphatic hydroxyl groups excluding tert-OH is 1. The van der Waals surface area contributed by atoms with Gasteiger partial charge in [0.1, 0.15) is 12.4 Å². The number of benzene rings is 1. The van der Waals surface area contributed by atoms with Crippen LogP contribution in [0.4, 0.5) is 0 Å². The van der Waals surface area contributed by atoms with Gasteiger partial charge in [-0.2, -0.15) is 5.26 Å². The van der Waals surface area contributed by atoms with Gasteiger partial charge in [0.15, 0.2) is 0 Å². The summed E-state index contributed by atoms with van der Waals surface area (Å²) < 4.78 is 5.14. The van der Waals surface area contributed by atoms with Gasteiger partial charge in [0, 0.05) is 0 Å². The standard InChI is InChI=1S/C10H10NO2/c1-8(12)7-13-10-4-2-9(6-11)3-5-10/h2-5,8,12H,1,7H2/t8-/m1/s1. The molecule has 3 heteroatoms. The average Bonchev–Trinajstić information content (AvgIpc) is 2.15. The number of nitrogens with zero attached hydrogens (tertiary/aromatic N) is 1. The van der Waals surface area contributed by atoms with Crippen LogP contribution in [0.3, 0.4) is 0 Å². The van der Waals surface area contributed by atoms with E-state index in [0.717, 1.165) is 0 Å². The molecule has 67 valence electrons. The SMILES string of the molecule is [CH2][C@@H](O)COc1ccc(C#N)cc1. The fourth-order valence-electron chi connectivity index (χ4n) is 0.818. The largest absolute Gasteiger partial charge is 0.491 e. The third-order valence-electron chi connectivity index (χ3n) is 1.43. The second-order valence-corrected chi connectivity index (χ2v) is 2.60. The van der Waals surface area contributed by atoms with E-state index < -0.39 is 6.10 Å². The Labute approximate surface area is 77.2 Å². The van der Waals surface area contributed by atoms with E-state index in [1.165, 1.54) is 0 Å². The van der Waals surface area contributed by atoms with Crippen molar-refractivity contribution in [3.8, 4) is 11.8 Å². The zero-order chi connectivity index (χ0) is 9.68. The van der Waals surface area contributed by atoms with Gasteiger partial charge in [0.25, 0.3) is 0 Å². The first kappa shape index (κ1) is 9.56. The lowest BCUT2D eigenvalue weighted by Crippen LogP contribution is -2.12. The van der Waals surface area contributed by atoms with E-state index in [0.29, 0.717) is 11.3 Å². The van der Waals surface area contributed by atoms with Crippen LogP contribution in [0.5, 0.6) is 5.75 Å². The summed E-state index contributed by atoms with van der Waals surface area (Å²) in [6, 6.07) is 8.68. The maximum Gasteiger partial charge on any atom is 0.119 e. The highest BCUT2D eigenvalue weighted by molar-refractivity contribution is 5.34. The van der Waals surface area contributed by atoms with Gasteiger partial charge in [-0.15, -0.1) is 0 Å². The molecule has 0 spiro atoms. The van der Waals surface area contributed by atoms with Gasteiger partial charge in [-0.1, -0.05) is 0 Å². The van der Waals surface area contributed by atoms with Gasteiger partial charge >= 0.3 is 0 Å². The molecular weight excluding hydrogens is 166 g/mol. The molecule has 0 aromatic heterocycles. The highest BCUT2D eigenvalue weighted by Gasteiger charge is 1.97. The summed E-state index contributed by atoms with van der Waals surface area (Å²) in [5, 5.41) is 17.3. The highest BCUT2D eigenvalue weighted by atomic mass is 16.5. The molecule has 0 aliphatic carbocycles. The predicted octanol–water partition coefficient (Wildman–Crippen LogP) is 1.13. The third kappa shape index (κ3) is 3.14. The fourth-order valence-corrected chi connectivity index (χ4v) is 0.818. The molecule has 1 aromatic rings. The zero-order valence-electron chi connectivity index (χ0n) is 7.10. The average molecular weight is 176 g/mol. The first-order chi connectivity index (χ1) is 6.22. The normalized spacial score (nSPS) is 11.8. The van der Waals surface area contributed by atoms with E-state index in [1.54, 1.807) is 24.3 Å². The van der Waals surface area contributed by atoms with E-state index in [9.17, 15) is 0 Å². The molecule has 0 unspecified atom stereocenters. The van der Waals surface area contributed by atoms with Crippen LogP contribution in [0.15, 0.2) is 24.3 Å². The molecule has 1 radical (unpaired) electrons. The number of aliphatic hydroxyl groups is 1. The number of hydrogen-bond donors (Lipinski definition) is 1. The Bertz CT molecular complexity index is 298. The quantitative estimate of drug-likeness (QED) is 0.751. The van der Waals surface area contributed by atoms with Gasteiger partial charge in [-0.05, 0) is 31.2 Å². The van der Waals surface area contributed by atoms with Gasteiger partial charge in [-0.3, -0.25) is 0 Å². The van der Waals surface area contributed by atoms with E-state index in [1.807, 2.05) is 6.07 Å². The summed E-state index contributed by atoms with van der Waals surface area (Å²) in [6.45, 7) is 3.52. The molecule has 0 heterocycles. The summed E-state index contributed by atoms with van der Waals surface area (Å²) in [4.78, 5) is 0. The van der Waals surface area contributed by atoms with Crippen molar-refractivity contribution in [2.45, 2.75) is 6.10 Å². The summed E-state index contributed by atoms with van der Waals surface area (Å²) in [5.41, 5.74) is 0.586. The van der Waals surface area contributed by atoms with Crippen molar-refractivity contribution in [1.29, 1.82) is 5.26 Å². The van der Waals surface area contributed by atoms with Crippen LogP contribution in [0, 0.1) is 18.3 Å². The lowest BCUT2D eigenvalue weighted by Gasteiger charge is -2.07. The van der Waals surface area contributed by atoms with Crippen LogP contribution < -0.4 is 4.74 Å². The molecule has 0 saturated heterocycles. The van der Waals surface area contributed by atoms with Crippen LogP contribution in [0.1, 0.15) is 5.56 Å². The zero-order valence-corrected chi connectivity index (χ0v) is 7.10. The van der Waals surface area contributed by atoms with Crippen LogP contribution in [-0.4, -0.2) is 17.8 Å². The fraction of sp³-hybridized carbons (Fsp3) is 0.200. The second-order valence-electron chi connectivity index (χ2n) is 2.60. The molecule has 3 nitrogen and oxygen atoms in total. The van der Waals surface area contributed by atoms with Crippen molar-refractivity contribution < 1.29 is 9.84 Å².